The second-order valence-corrected chi connectivity index (χ2v) is 8.69. The number of nitrogens with one attached hydrogen (secondary N) is 2. The second kappa shape index (κ2) is 9.14. The quantitative estimate of drug-likeness (QED) is 0.666. The summed E-state index contributed by atoms with van der Waals surface area (Å²) in [5.74, 6) is 0.0584. The van der Waals surface area contributed by atoms with Crippen molar-refractivity contribution in [1.82, 2.24) is 15.5 Å². The first-order valence-corrected chi connectivity index (χ1v) is 10.2. The summed E-state index contributed by atoms with van der Waals surface area (Å²) in [6, 6.07) is 5.67. The predicted octanol–water partition coefficient (Wildman–Crippen LogP) is 3.72. The van der Waals surface area contributed by atoms with Gasteiger partial charge in [0.1, 0.15) is 0 Å². The molecule has 26 heavy (non-hydrogen) atoms. The maximum atomic E-state index is 12.1. The minimum Gasteiger partial charge on any atom is -0.345 e. The average molecular weight is 393 g/mol. The van der Waals surface area contributed by atoms with E-state index in [1.807, 2.05) is 19.9 Å². The van der Waals surface area contributed by atoms with E-state index >= 15 is 0 Å². The van der Waals surface area contributed by atoms with E-state index in [0.717, 1.165) is 5.69 Å². The van der Waals surface area contributed by atoms with Crippen LogP contribution in [-0.4, -0.2) is 33.7 Å². The third kappa shape index (κ3) is 5.81. The predicted molar refractivity (Wildman–Crippen MR) is 107 cm³/mol. The van der Waals surface area contributed by atoms with Crippen molar-refractivity contribution in [3.8, 4) is 0 Å². The molecule has 2 aromatic rings. The molecule has 0 spiro atoms. The summed E-state index contributed by atoms with van der Waals surface area (Å²) < 4.78 is 0.704. The van der Waals surface area contributed by atoms with Crippen molar-refractivity contribution in [1.29, 1.82) is 0 Å². The Balaban J connectivity index is 1.88. The van der Waals surface area contributed by atoms with E-state index in [2.05, 4.69) is 46.8 Å². The molecule has 0 saturated carbocycles. The van der Waals surface area contributed by atoms with E-state index in [4.69, 9.17) is 0 Å². The van der Waals surface area contributed by atoms with Gasteiger partial charge in [-0.15, -0.1) is 10.2 Å². The van der Waals surface area contributed by atoms with Crippen LogP contribution < -0.4 is 10.6 Å². The molecule has 2 N–H and O–H groups in total. The molecule has 1 aromatic carbocycles. The Morgan fingerprint density at radius 1 is 1.19 bits per heavy atom. The zero-order chi connectivity index (χ0) is 19.3. The van der Waals surface area contributed by atoms with Crippen LogP contribution in [-0.2, 0) is 9.59 Å². The van der Waals surface area contributed by atoms with Gasteiger partial charge in [-0.25, -0.2) is 0 Å². The van der Waals surface area contributed by atoms with E-state index in [9.17, 15) is 9.59 Å². The second-order valence-electron chi connectivity index (χ2n) is 6.49. The maximum absolute atomic E-state index is 12.1. The average Bonchev–Trinajstić information content (AvgIpc) is 3.01. The number of carbonyl (C=O) groups excluding carboxylic acids is 2. The fourth-order valence-corrected chi connectivity index (χ4v) is 3.92. The lowest BCUT2D eigenvalue weighted by molar-refractivity contribution is -0.126. The van der Waals surface area contributed by atoms with Crippen molar-refractivity contribution in [3.63, 3.8) is 0 Å². The number of nitrogens with zero attached hydrogens (tertiary/aromatic N) is 2. The summed E-state index contributed by atoms with van der Waals surface area (Å²) in [4.78, 5) is 23.6. The number of amides is 1. The fraction of sp³-hybridized carbons (Fsp3) is 0.444. The van der Waals surface area contributed by atoms with Gasteiger partial charge in [0, 0.05) is 5.69 Å². The molecule has 1 atom stereocenters. The van der Waals surface area contributed by atoms with Gasteiger partial charge in [-0.3, -0.25) is 9.59 Å². The first-order chi connectivity index (χ1) is 12.3. The molecule has 0 fully saturated rings. The molecule has 0 aliphatic carbocycles. The number of benzene rings is 1. The molecule has 1 heterocycles. The normalized spacial score (nSPS) is 12.1. The number of aryl methyl sites for hydroxylation is 2. The summed E-state index contributed by atoms with van der Waals surface area (Å²) in [5.41, 5.74) is 3.40. The topological polar surface area (TPSA) is 84.0 Å². The van der Waals surface area contributed by atoms with Gasteiger partial charge in [0.05, 0.1) is 11.8 Å². The van der Waals surface area contributed by atoms with E-state index in [1.165, 1.54) is 41.1 Å². The molecule has 1 aromatic heterocycles. The standard InChI is InChI=1S/C18H24N4O2S2/c1-10(2)16(13(5)23)20-15(24)9-25-18-22-21-17(26-18)19-14-7-6-11(3)12(4)8-14/h6-8,10,16H,9H2,1-5H3,(H,19,21)(H,20,24). The van der Waals surface area contributed by atoms with E-state index in [0.29, 0.717) is 9.47 Å². The van der Waals surface area contributed by atoms with Crippen LogP contribution in [0.25, 0.3) is 0 Å². The van der Waals surface area contributed by atoms with Gasteiger partial charge in [0.2, 0.25) is 11.0 Å². The van der Waals surface area contributed by atoms with Gasteiger partial charge in [0.25, 0.3) is 0 Å². The van der Waals surface area contributed by atoms with Crippen LogP contribution in [0.5, 0.6) is 0 Å². The number of Topliss-reactive ketones (excluding diaryl/α,β-unsaturated/α-hetero) is 1. The third-order valence-corrected chi connectivity index (χ3v) is 5.88. The molecule has 0 aliphatic rings. The van der Waals surface area contributed by atoms with Crippen LogP contribution in [0.3, 0.4) is 0 Å². The number of anilines is 2. The minimum atomic E-state index is -0.445. The van der Waals surface area contributed by atoms with Crippen molar-refractivity contribution >= 4 is 45.6 Å². The molecule has 0 aliphatic heterocycles. The number of aromatic nitrogens is 2. The number of rotatable bonds is 8. The molecular formula is C18H24N4O2S2. The first-order valence-electron chi connectivity index (χ1n) is 8.36. The monoisotopic (exact) mass is 392 g/mol. The van der Waals surface area contributed by atoms with Gasteiger partial charge in [-0.2, -0.15) is 0 Å². The van der Waals surface area contributed by atoms with Crippen molar-refractivity contribution < 1.29 is 9.59 Å². The molecule has 0 bridgehead atoms. The van der Waals surface area contributed by atoms with Crippen LogP contribution in [0.2, 0.25) is 0 Å². The summed E-state index contributed by atoms with van der Waals surface area (Å²) in [6.07, 6.45) is 0. The minimum absolute atomic E-state index is 0.0332. The van der Waals surface area contributed by atoms with Crippen LogP contribution >= 0.6 is 23.1 Å². The van der Waals surface area contributed by atoms with Crippen molar-refractivity contribution in [2.24, 2.45) is 5.92 Å². The van der Waals surface area contributed by atoms with Gasteiger partial charge < -0.3 is 10.6 Å². The number of hydrogen-bond acceptors (Lipinski definition) is 7. The Labute approximate surface area is 162 Å². The Morgan fingerprint density at radius 3 is 2.54 bits per heavy atom. The van der Waals surface area contributed by atoms with Gasteiger partial charge >= 0.3 is 0 Å². The van der Waals surface area contributed by atoms with Crippen molar-refractivity contribution in [3.05, 3.63) is 29.3 Å². The van der Waals surface area contributed by atoms with E-state index in [-0.39, 0.29) is 23.4 Å². The van der Waals surface area contributed by atoms with E-state index < -0.39 is 6.04 Å². The Morgan fingerprint density at radius 2 is 1.92 bits per heavy atom. The van der Waals surface area contributed by atoms with Crippen LogP contribution in [0, 0.1) is 19.8 Å². The van der Waals surface area contributed by atoms with Gasteiger partial charge in [-0.05, 0) is 49.9 Å². The zero-order valence-corrected chi connectivity index (χ0v) is 17.3. The highest BCUT2D eigenvalue weighted by atomic mass is 32.2. The number of thioether (sulfide) groups is 1. The summed E-state index contributed by atoms with van der Waals surface area (Å²) in [5, 5.41) is 14.9. The van der Waals surface area contributed by atoms with Crippen LogP contribution in [0.1, 0.15) is 31.9 Å². The highest BCUT2D eigenvalue weighted by molar-refractivity contribution is 8.01. The molecule has 6 nitrogen and oxygen atoms in total. The molecule has 8 heteroatoms. The highest BCUT2D eigenvalue weighted by Crippen LogP contribution is 2.28. The SMILES string of the molecule is CC(=O)C(NC(=O)CSc1nnc(Nc2ccc(C)c(C)c2)s1)C(C)C. The summed E-state index contributed by atoms with van der Waals surface area (Å²) >= 11 is 2.71. The lowest BCUT2D eigenvalue weighted by atomic mass is 10.0. The largest absolute Gasteiger partial charge is 0.345 e. The Kier molecular flexibility index (Phi) is 7.16. The molecule has 1 amide bonds. The van der Waals surface area contributed by atoms with Crippen LogP contribution in [0.15, 0.2) is 22.5 Å². The summed E-state index contributed by atoms with van der Waals surface area (Å²) in [6.45, 7) is 9.45. The van der Waals surface area contributed by atoms with Crippen molar-refractivity contribution in [2.75, 3.05) is 11.1 Å². The smallest absolute Gasteiger partial charge is 0.231 e. The fourth-order valence-electron chi connectivity index (χ4n) is 2.34. The number of hydrogen-bond donors (Lipinski definition) is 2. The molecule has 0 saturated heterocycles. The summed E-state index contributed by atoms with van der Waals surface area (Å²) in [7, 11) is 0. The Bertz CT molecular complexity index is 789. The first kappa shape index (κ1) is 20.4. The molecule has 2 rings (SSSR count). The Hall–Kier alpha value is -1.93. The van der Waals surface area contributed by atoms with Gasteiger partial charge in [0.15, 0.2) is 10.1 Å². The highest BCUT2D eigenvalue weighted by Gasteiger charge is 2.20. The molecule has 0 radical (unpaired) electrons. The maximum Gasteiger partial charge on any atom is 0.231 e. The number of carbonyl (C=O) groups is 2. The number of ketones is 1. The van der Waals surface area contributed by atoms with E-state index in [1.54, 1.807) is 0 Å². The third-order valence-electron chi connectivity index (χ3n) is 3.91. The lowest BCUT2D eigenvalue weighted by Gasteiger charge is -2.19. The zero-order valence-electron chi connectivity index (χ0n) is 15.6. The van der Waals surface area contributed by atoms with Crippen LogP contribution in [0.4, 0.5) is 10.8 Å². The van der Waals surface area contributed by atoms with Crippen molar-refractivity contribution in [2.45, 2.75) is 45.0 Å². The lowest BCUT2D eigenvalue weighted by Crippen LogP contribution is -2.44. The molecular weight excluding hydrogens is 368 g/mol. The van der Waals surface area contributed by atoms with Gasteiger partial charge in [-0.1, -0.05) is 43.0 Å². The molecule has 140 valence electrons. The molecule has 1 unspecified atom stereocenters.